The minimum absolute atomic E-state index is 0.149. The molecule has 2 rings (SSSR count). The molecule has 2 heterocycles. The van der Waals surface area contributed by atoms with Crippen LogP contribution in [0.1, 0.15) is 11.4 Å². The van der Waals surface area contributed by atoms with Crippen LogP contribution in [0, 0.1) is 0 Å². The smallest absolute Gasteiger partial charge is 0.322 e. The minimum atomic E-state index is -4.23. The van der Waals surface area contributed by atoms with E-state index >= 15 is 0 Å². The second-order valence-corrected chi connectivity index (χ2v) is 10.7. The zero-order valence-electron chi connectivity index (χ0n) is 18.6. The summed E-state index contributed by atoms with van der Waals surface area (Å²) in [5, 5.41) is 11.5. The second-order valence-electron chi connectivity index (χ2n) is 7.69. The van der Waals surface area contributed by atoms with Crippen molar-refractivity contribution in [2.75, 3.05) is 24.6 Å². The standard InChI is InChI=1S/C19H29N7O6S3/c20-13(1-11-3-21-9-25-11)15(27)5-23-14(2-12-4-22-10-26-12)16(28)6-24-18(8-34)35(31,32)17(7-33)19(29)30/h3-4,9-10,13-14,17-18,23-24,33-34H,1-2,5-8,20H2,(H,21,25)(H,22,26)(H,29,30)/t13-,14-,17?,18?/m0/s1. The number of nitrogens with two attached hydrogens (primary N) is 1. The topological polar surface area (TPSA) is 213 Å². The van der Waals surface area contributed by atoms with Crippen LogP contribution in [-0.2, 0) is 37.1 Å². The first-order chi connectivity index (χ1) is 16.6. The minimum Gasteiger partial charge on any atom is -0.480 e. The third kappa shape index (κ3) is 8.43. The molecule has 0 bridgehead atoms. The molecule has 0 saturated heterocycles. The Kier molecular flexibility index (Phi) is 11.4. The number of aromatic nitrogens is 4. The SMILES string of the molecule is N[C@@H](Cc1cnc[nH]1)C(=O)CN[C@@H](Cc1cnc[nH]1)C(=O)CNC(CS)S(=O)(=O)C(CS)C(=O)O. The van der Waals surface area contributed by atoms with Gasteiger partial charge < -0.3 is 26.1 Å². The summed E-state index contributed by atoms with van der Waals surface area (Å²) in [6, 6.07) is -1.70. The van der Waals surface area contributed by atoms with Crippen molar-refractivity contribution in [2.24, 2.45) is 5.73 Å². The lowest BCUT2D eigenvalue weighted by Crippen LogP contribution is -2.52. The number of carboxylic acid groups (broad SMARTS) is 1. The fourth-order valence-electron chi connectivity index (χ4n) is 3.16. The first kappa shape index (κ1) is 29.0. The number of aliphatic carboxylic acids is 1. The summed E-state index contributed by atoms with van der Waals surface area (Å²) in [7, 11) is -4.23. The number of ketones is 2. The number of carbonyl (C=O) groups excluding carboxylic acids is 2. The molecule has 2 aromatic heterocycles. The zero-order valence-corrected chi connectivity index (χ0v) is 21.2. The van der Waals surface area contributed by atoms with Crippen molar-refractivity contribution in [1.29, 1.82) is 0 Å². The molecule has 0 saturated carbocycles. The van der Waals surface area contributed by atoms with Crippen LogP contribution in [0.15, 0.2) is 25.0 Å². The molecule has 0 fully saturated rings. The van der Waals surface area contributed by atoms with Gasteiger partial charge in [0, 0.05) is 48.1 Å². The Hall–Kier alpha value is -2.24. The number of thiol groups is 2. The fraction of sp³-hybridized carbons (Fsp3) is 0.526. The molecule has 0 aliphatic rings. The highest BCUT2D eigenvalue weighted by molar-refractivity contribution is 7.95. The first-order valence-corrected chi connectivity index (χ1v) is 13.4. The van der Waals surface area contributed by atoms with Gasteiger partial charge in [-0.05, 0) is 0 Å². The molecule has 35 heavy (non-hydrogen) atoms. The molecule has 0 spiro atoms. The van der Waals surface area contributed by atoms with Gasteiger partial charge in [-0.25, -0.2) is 18.4 Å². The number of nitrogens with zero attached hydrogens (tertiary/aromatic N) is 2. The first-order valence-electron chi connectivity index (χ1n) is 10.5. The summed E-state index contributed by atoms with van der Waals surface area (Å²) in [5.74, 6) is -3.00. The lowest BCUT2D eigenvalue weighted by atomic mass is 10.0. The van der Waals surface area contributed by atoms with E-state index in [1.54, 1.807) is 6.20 Å². The van der Waals surface area contributed by atoms with Gasteiger partial charge in [0.05, 0.1) is 37.8 Å². The molecule has 13 nitrogen and oxygen atoms in total. The molecule has 7 N–H and O–H groups in total. The largest absolute Gasteiger partial charge is 0.480 e. The summed E-state index contributed by atoms with van der Waals surface area (Å²) in [4.78, 5) is 50.3. The van der Waals surface area contributed by atoms with Gasteiger partial charge >= 0.3 is 5.97 Å². The van der Waals surface area contributed by atoms with Crippen molar-refractivity contribution < 1.29 is 27.9 Å². The Balaban J connectivity index is 2.04. The molecule has 2 aromatic rings. The Morgan fingerprint density at radius 1 is 0.971 bits per heavy atom. The molecule has 0 radical (unpaired) electrons. The number of hydrogen-bond donors (Lipinski definition) is 8. The summed E-state index contributed by atoms with van der Waals surface area (Å²) >= 11 is 7.81. The van der Waals surface area contributed by atoms with Crippen LogP contribution in [-0.4, -0.2) is 98.3 Å². The number of carboxylic acids is 1. The second kappa shape index (κ2) is 13.7. The van der Waals surface area contributed by atoms with Crippen LogP contribution in [0.3, 0.4) is 0 Å². The van der Waals surface area contributed by atoms with Crippen molar-refractivity contribution >= 4 is 52.6 Å². The van der Waals surface area contributed by atoms with Gasteiger partial charge in [-0.2, -0.15) is 25.3 Å². The molecule has 0 aliphatic carbocycles. The van der Waals surface area contributed by atoms with Crippen LogP contribution < -0.4 is 16.4 Å². The molecular formula is C19H29N7O6S3. The maximum absolute atomic E-state index is 13.0. The van der Waals surface area contributed by atoms with Crippen molar-refractivity contribution in [2.45, 2.75) is 35.5 Å². The van der Waals surface area contributed by atoms with E-state index < -0.39 is 56.6 Å². The van der Waals surface area contributed by atoms with E-state index in [0.717, 1.165) is 0 Å². The number of H-pyrrole nitrogens is 2. The summed E-state index contributed by atoms with van der Waals surface area (Å²) < 4.78 is 25.3. The highest BCUT2D eigenvalue weighted by atomic mass is 32.2. The normalized spacial score (nSPS) is 15.3. The summed E-state index contributed by atoms with van der Waals surface area (Å²) in [5.41, 5.74) is 7.27. The van der Waals surface area contributed by atoms with Gasteiger partial charge in [-0.3, -0.25) is 19.7 Å². The predicted octanol–water partition coefficient (Wildman–Crippen LogP) is -2.01. The Labute approximate surface area is 213 Å². The van der Waals surface area contributed by atoms with Crippen molar-refractivity contribution in [3.63, 3.8) is 0 Å². The van der Waals surface area contributed by atoms with E-state index in [4.69, 9.17) is 5.73 Å². The van der Waals surface area contributed by atoms with Crippen LogP contribution in [0.5, 0.6) is 0 Å². The Bertz CT molecular complexity index is 1060. The van der Waals surface area contributed by atoms with Gasteiger partial charge in [-0.1, -0.05) is 0 Å². The van der Waals surface area contributed by atoms with Crippen LogP contribution in [0.4, 0.5) is 0 Å². The van der Waals surface area contributed by atoms with E-state index in [-0.39, 0.29) is 30.9 Å². The quantitative estimate of drug-likeness (QED) is 0.101. The number of rotatable bonds is 17. The van der Waals surface area contributed by atoms with Crippen molar-refractivity contribution in [3.05, 3.63) is 36.4 Å². The van der Waals surface area contributed by atoms with Crippen molar-refractivity contribution in [3.8, 4) is 0 Å². The molecular weight excluding hydrogens is 518 g/mol. The monoisotopic (exact) mass is 547 g/mol. The van der Waals surface area contributed by atoms with Gasteiger partial charge in [-0.15, -0.1) is 0 Å². The zero-order chi connectivity index (χ0) is 26.0. The maximum atomic E-state index is 13.0. The van der Waals surface area contributed by atoms with E-state index in [9.17, 15) is 27.9 Å². The van der Waals surface area contributed by atoms with E-state index in [2.05, 4.69) is 55.8 Å². The molecule has 16 heteroatoms. The number of aromatic amines is 2. The average Bonchev–Trinajstić information content (AvgIpc) is 3.50. The third-order valence-electron chi connectivity index (χ3n) is 5.20. The highest BCUT2D eigenvalue weighted by Gasteiger charge is 2.38. The third-order valence-corrected chi connectivity index (χ3v) is 8.71. The lowest BCUT2D eigenvalue weighted by molar-refractivity contribution is -0.136. The van der Waals surface area contributed by atoms with Gasteiger partial charge in [0.25, 0.3) is 0 Å². The number of carbonyl (C=O) groups is 3. The maximum Gasteiger partial charge on any atom is 0.322 e. The average molecular weight is 548 g/mol. The number of hydrogen-bond acceptors (Lipinski definition) is 12. The van der Waals surface area contributed by atoms with Gasteiger partial charge in [0.1, 0.15) is 5.37 Å². The molecule has 0 aliphatic heterocycles. The van der Waals surface area contributed by atoms with E-state index in [1.807, 2.05) is 0 Å². The Morgan fingerprint density at radius 2 is 1.54 bits per heavy atom. The molecule has 0 amide bonds. The summed E-state index contributed by atoms with van der Waals surface area (Å²) in [6.07, 6.45) is 6.39. The molecule has 0 aromatic carbocycles. The molecule has 4 atom stereocenters. The van der Waals surface area contributed by atoms with E-state index in [1.165, 1.54) is 18.9 Å². The molecule has 2 unspecified atom stereocenters. The number of imidazole rings is 2. The number of nitrogens with one attached hydrogen (secondary N) is 4. The van der Waals surface area contributed by atoms with E-state index in [0.29, 0.717) is 11.4 Å². The van der Waals surface area contributed by atoms with Gasteiger partial charge in [0.15, 0.2) is 26.7 Å². The van der Waals surface area contributed by atoms with Crippen LogP contribution in [0.2, 0.25) is 0 Å². The predicted molar refractivity (Wildman–Crippen MR) is 134 cm³/mol. The van der Waals surface area contributed by atoms with Gasteiger partial charge in [0.2, 0.25) is 0 Å². The Morgan fingerprint density at radius 3 is 2.03 bits per heavy atom. The summed E-state index contributed by atoms with van der Waals surface area (Å²) in [6.45, 7) is -0.613. The fourth-order valence-corrected chi connectivity index (χ4v) is 6.10. The van der Waals surface area contributed by atoms with Crippen LogP contribution in [0.25, 0.3) is 0 Å². The highest BCUT2D eigenvalue weighted by Crippen LogP contribution is 2.12. The van der Waals surface area contributed by atoms with Crippen molar-refractivity contribution in [1.82, 2.24) is 30.6 Å². The van der Waals surface area contributed by atoms with Crippen LogP contribution >= 0.6 is 25.3 Å². The number of sulfone groups is 1. The molecule has 194 valence electrons. The number of Topliss-reactive ketones (excluding diaryl/α,β-unsaturated/α-hetero) is 2. The lowest BCUT2D eigenvalue weighted by Gasteiger charge is -2.23.